The normalized spacial score (nSPS) is 10.8. The topological polar surface area (TPSA) is 71.1 Å². The van der Waals surface area contributed by atoms with Crippen molar-refractivity contribution in [1.82, 2.24) is 0 Å². The minimum absolute atomic E-state index is 0.262. The minimum Gasteiger partial charge on any atom is -0.497 e. The molecule has 0 radical (unpaired) electrons. The van der Waals surface area contributed by atoms with Gasteiger partial charge in [-0.2, -0.15) is 0 Å². The highest BCUT2D eigenvalue weighted by Crippen LogP contribution is 2.23. The molecule has 0 heterocycles. The first-order valence-electron chi connectivity index (χ1n) is 7.37. The predicted octanol–water partition coefficient (Wildman–Crippen LogP) is 2.98. The van der Waals surface area contributed by atoms with Crippen LogP contribution in [0.3, 0.4) is 0 Å². The molecule has 1 rings (SSSR count). The standard InChI is InChI=1S/C17H24O6/c1-17(2,3)23-15(18)7-6-8-22-14-10-12(16(19)21-5)9-13(11-14)20-4/h9-11H,6-8H2,1-5H3. The zero-order valence-electron chi connectivity index (χ0n) is 14.3. The Morgan fingerprint density at radius 2 is 1.70 bits per heavy atom. The molecule has 1 aromatic carbocycles. The summed E-state index contributed by atoms with van der Waals surface area (Å²) in [5.41, 5.74) is -0.144. The van der Waals surface area contributed by atoms with Gasteiger partial charge in [-0.1, -0.05) is 0 Å². The summed E-state index contributed by atoms with van der Waals surface area (Å²) in [6.45, 7) is 5.80. The van der Waals surface area contributed by atoms with Crippen molar-refractivity contribution in [3.63, 3.8) is 0 Å². The highest BCUT2D eigenvalue weighted by atomic mass is 16.6. The molecule has 23 heavy (non-hydrogen) atoms. The van der Waals surface area contributed by atoms with E-state index in [2.05, 4.69) is 4.74 Å². The van der Waals surface area contributed by atoms with Gasteiger partial charge in [0.2, 0.25) is 0 Å². The second kappa shape index (κ2) is 8.41. The molecule has 0 unspecified atom stereocenters. The molecule has 0 spiro atoms. The first-order valence-corrected chi connectivity index (χ1v) is 7.37. The Labute approximate surface area is 136 Å². The maximum atomic E-state index is 11.6. The number of carbonyl (C=O) groups excluding carboxylic acids is 2. The number of methoxy groups -OCH3 is 2. The Balaban J connectivity index is 2.54. The number of hydrogen-bond donors (Lipinski definition) is 0. The van der Waals surface area contributed by atoms with Gasteiger partial charge in [0, 0.05) is 12.5 Å². The molecule has 0 N–H and O–H groups in total. The van der Waals surface area contributed by atoms with Gasteiger partial charge in [0.05, 0.1) is 26.4 Å². The van der Waals surface area contributed by atoms with Crippen molar-refractivity contribution < 1.29 is 28.5 Å². The van der Waals surface area contributed by atoms with E-state index in [0.29, 0.717) is 30.1 Å². The molecular weight excluding hydrogens is 300 g/mol. The molecule has 0 amide bonds. The lowest BCUT2D eigenvalue weighted by Gasteiger charge is -2.19. The van der Waals surface area contributed by atoms with Gasteiger partial charge >= 0.3 is 11.9 Å². The number of ether oxygens (including phenoxy) is 4. The predicted molar refractivity (Wildman–Crippen MR) is 84.9 cm³/mol. The van der Waals surface area contributed by atoms with E-state index < -0.39 is 11.6 Å². The van der Waals surface area contributed by atoms with Crippen LogP contribution in [-0.2, 0) is 14.3 Å². The molecule has 0 saturated heterocycles. The summed E-state index contributed by atoms with van der Waals surface area (Å²) >= 11 is 0. The zero-order valence-corrected chi connectivity index (χ0v) is 14.3. The summed E-state index contributed by atoms with van der Waals surface area (Å²) in [5, 5.41) is 0. The third-order valence-electron chi connectivity index (χ3n) is 2.75. The van der Waals surface area contributed by atoms with Crippen molar-refractivity contribution in [3.05, 3.63) is 23.8 Å². The van der Waals surface area contributed by atoms with Crippen LogP contribution in [0.4, 0.5) is 0 Å². The fourth-order valence-corrected chi connectivity index (χ4v) is 1.81. The Bertz CT molecular complexity index is 545. The molecule has 0 fully saturated rings. The van der Waals surface area contributed by atoms with Gasteiger partial charge < -0.3 is 18.9 Å². The van der Waals surface area contributed by atoms with Crippen LogP contribution in [0.1, 0.15) is 44.0 Å². The van der Waals surface area contributed by atoms with Crippen LogP contribution >= 0.6 is 0 Å². The van der Waals surface area contributed by atoms with E-state index in [-0.39, 0.29) is 12.4 Å². The molecule has 0 aliphatic carbocycles. The molecule has 0 aliphatic rings. The average Bonchev–Trinajstić information content (AvgIpc) is 2.48. The number of esters is 2. The quantitative estimate of drug-likeness (QED) is 0.567. The number of rotatable bonds is 7. The second-order valence-electron chi connectivity index (χ2n) is 5.93. The third-order valence-corrected chi connectivity index (χ3v) is 2.75. The summed E-state index contributed by atoms with van der Waals surface area (Å²) in [6, 6.07) is 4.81. The SMILES string of the molecule is COC(=O)c1cc(OC)cc(OCCCC(=O)OC(C)(C)C)c1. The molecule has 128 valence electrons. The molecule has 0 aliphatic heterocycles. The van der Waals surface area contributed by atoms with Gasteiger partial charge in [-0.25, -0.2) is 4.79 Å². The lowest BCUT2D eigenvalue weighted by Crippen LogP contribution is -2.23. The first-order chi connectivity index (χ1) is 10.7. The van der Waals surface area contributed by atoms with Crippen LogP contribution in [0.15, 0.2) is 18.2 Å². The van der Waals surface area contributed by atoms with Crippen LogP contribution < -0.4 is 9.47 Å². The van der Waals surface area contributed by atoms with E-state index in [1.165, 1.54) is 14.2 Å². The second-order valence-corrected chi connectivity index (χ2v) is 5.93. The van der Waals surface area contributed by atoms with E-state index in [1.54, 1.807) is 18.2 Å². The maximum absolute atomic E-state index is 11.6. The summed E-state index contributed by atoms with van der Waals surface area (Å²) in [5.74, 6) is 0.244. The summed E-state index contributed by atoms with van der Waals surface area (Å²) in [6.07, 6.45) is 0.783. The summed E-state index contributed by atoms with van der Waals surface area (Å²) < 4.78 is 20.6. The van der Waals surface area contributed by atoms with Crippen LogP contribution in [0.25, 0.3) is 0 Å². The van der Waals surface area contributed by atoms with Crippen LogP contribution in [0.2, 0.25) is 0 Å². The van der Waals surface area contributed by atoms with Crippen LogP contribution in [-0.4, -0.2) is 38.4 Å². The van der Waals surface area contributed by atoms with E-state index in [4.69, 9.17) is 14.2 Å². The van der Waals surface area contributed by atoms with Crippen molar-refractivity contribution in [2.75, 3.05) is 20.8 Å². The summed E-state index contributed by atoms with van der Waals surface area (Å²) in [4.78, 5) is 23.2. The fourth-order valence-electron chi connectivity index (χ4n) is 1.81. The molecular formula is C17H24O6. The van der Waals surface area contributed by atoms with Crippen molar-refractivity contribution in [2.24, 2.45) is 0 Å². The Morgan fingerprint density at radius 3 is 2.26 bits per heavy atom. The molecule has 6 nitrogen and oxygen atoms in total. The zero-order chi connectivity index (χ0) is 17.5. The van der Waals surface area contributed by atoms with Gasteiger partial charge in [0.1, 0.15) is 17.1 Å². The highest BCUT2D eigenvalue weighted by molar-refractivity contribution is 5.90. The van der Waals surface area contributed by atoms with E-state index in [1.807, 2.05) is 20.8 Å². The van der Waals surface area contributed by atoms with Gasteiger partial charge in [0.25, 0.3) is 0 Å². The number of hydrogen-bond acceptors (Lipinski definition) is 6. The molecule has 0 aromatic heterocycles. The monoisotopic (exact) mass is 324 g/mol. The average molecular weight is 324 g/mol. The largest absolute Gasteiger partial charge is 0.497 e. The molecule has 0 bridgehead atoms. The first kappa shape index (κ1) is 18.8. The smallest absolute Gasteiger partial charge is 0.338 e. The van der Waals surface area contributed by atoms with Crippen molar-refractivity contribution >= 4 is 11.9 Å². The lowest BCUT2D eigenvalue weighted by atomic mass is 10.2. The van der Waals surface area contributed by atoms with Gasteiger partial charge in [0.15, 0.2) is 0 Å². The van der Waals surface area contributed by atoms with E-state index in [9.17, 15) is 9.59 Å². The fraction of sp³-hybridized carbons (Fsp3) is 0.529. The number of benzene rings is 1. The highest BCUT2D eigenvalue weighted by Gasteiger charge is 2.16. The molecule has 1 aromatic rings. The van der Waals surface area contributed by atoms with E-state index in [0.717, 1.165) is 0 Å². The van der Waals surface area contributed by atoms with Gasteiger partial charge in [-0.3, -0.25) is 4.79 Å². The van der Waals surface area contributed by atoms with Gasteiger partial charge in [-0.15, -0.1) is 0 Å². The van der Waals surface area contributed by atoms with Crippen LogP contribution in [0.5, 0.6) is 11.5 Å². The van der Waals surface area contributed by atoms with Crippen LogP contribution in [0, 0.1) is 0 Å². The number of carbonyl (C=O) groups is 2. The summed E-state index contributed by atoms with van der Waals surface area (Å²) in [7, 11) is 2.81. The Hall–Kier alpha value is -2.24. The Morgan fingerprint density at radius 1 is 1.04 bits per heavy atom. The van der Waals surface area contributed by atoms with Gasteiger partial charge in [-0.05, 0) is 39.3 Å². The molecule has 0 saturated carbocycles. The maximum Gasteiger partial charge on any atom is 0.338 e. The van der Waals surface area contributed by atoms with E-state index >= 15 is 0 Å². The minimum atomic E-state index is -0.486. The molecule has 0 atom stereocenters. The third kappa shape index (κ3) is 7.04. The Kier molecular flexibility index (Phi) is 6.88. The van der Waals surface area contributed by atoms with Crippen molar-refractivity contribution in [1.29, 1.82) is 0 Å². The van der Waals surface area contributed by atoms with Crippen molar-refractivity contribution in [3.8, 4) is 11.5 Å². The van der Waals surface area contributed by atoms with Crippen molar-refractivity contribution in [2.45, 2.75) is 39.2 Å². The lowest BCUT2D eigenvalue weighted by molar-refractivity contribution is -0.155. The molecule has 6 heteroatoms.